The molecule has 3 unspecified atom stereocenters. The van der Waals surface area contributed by atoms with E-state index in [4.69, 9.17) is 6.58 Å². The van der Waals surface area contributed by atoms with E-state index in [-0.39, 0.29) is 5.41 Å². The average Bonchev–Trinajstić information content (AvgIpc) is 3.88. The molecule has 2 aliphatic carbocycles. The maximum absolute atomic E-state index is 4.95. The Morgan fingerprint density at radius 1 is 0.636 bits per heavy atom. The van der Waals surface area contributed by atoms with Crippen LogP contribution >= 0.6 is 11.3 Å². The minimum atomic E-state index is -0.226. The third kappa shape index (κ3) is 4.48. The van der Waals surface area contributed by atoms with Crippen LogP contribution in [0.2, 0.25) is 0 Å². The van der Waals surface area contributed by atoms with E-state index in [2.05, 4.69) is 181 Å². The van der Waals surface area contributed by atoms with Crippen molar-refractivity contribution in [1.29, 1.82) is 0 Å². The second kappa shape index (κ2) is 12.3. The average molecular weight is 727 g/mol. The standard InChI is InChI=1S/C52H42N2S/c1-4-35-31-33(2)52(34(3)32-35)40-22-11-8-19-37(40)49-41(52)23-14-25-43(49)54(46-28-16-30-48-51(46)39-21-10-13-29-47(39)55-48)45-27-15-26-44-50(45)38-20-9-12-24-42(38)53(44)36-17-6-5-7-18-36/h5-30,34-35H,2,4,31-32H2,1,3H3. The molecule has 2 nitrogen and oxygen atoms in total. The Morgan fingerprint density at radius 2 is 1.27 bits per heavy atom. The fraction of sp³-hybridized carbons (Fsp3) is 0.154. The zero-order valence-electron chi connectivity index (χ0n) is 31.3. The second-order valence-corrected chi connectivity index (χ2v) is 16.8. The van der Waals surface area contributed by atoms with Gasteiger partial charge in [-0.2, -0.15) is 0 Å². The second-order valence-electron chi connectivity index (χ2n) is 15.7. The molecule has 0 aliphatic heterocycles. The first-order chi connectivity index (χ1) is 27.1. The van der Waals surface area contributed by atoms with Crippen LogP contribution in [0.15, 0.2) is 170 Å². The summed E-state index contributed by atoms with van der Waals surface area (Å²) >= 11 is 1.88. The molecular weight excluding hydrogens is 685 g/mol. The highest BCUT2D eigenvalue weighted by molar-refractivity contribution is 7.26. The van der Waals surface area contributed by atoms with Gasteiger partial charge in [-0.05, 0) is 96.0 Å². The predicted molar refractivity (Wildman–Crippen MR) is 236 cm³/mol. The summed E-state index contributed by atoms with van der Waals surface area (Å²) in [4.78, 5) is 2.62. The molecule has 2 aromatic heterocycles. The van der Waals surface area contributed by atoms with E-state index >= 15 is 0 Å². The van der Waals surface area contributed by atoms with Gasteiger partial charge in [0.1, 0.15) is 0 Å². The van der Waals surface area contributed by atoms with Gasteiger partial charge in [-0.15, -0.1) is 11.3 Å². The maximum atomic E-state index is 4.95. The summed E-state index contributed by atoms with van der Waals surface area (Å²) in [6.07, 6.45) is 3.47. The van der Waals surface area contributed by atoms with E-state index in [1.165, 1.54) is 99.7 Å². The van der Waals surface area contributed by atoms with Crippen molar-refractivity contribution < 1.29 is 0 Å². The molecule has 0 radical (unpaired) electrons. The van der Waals surface area contributed by atoms with Gasteiger partial charge in [0.15, 0.2) is 0 Å². The molecule has 0 amide bonds. The van der Waals surface area contributed by atoms with Crippen molar-refractivity contribution in [3.8, 4) is 16.8 Å². The van der Waals surface area contributed by atoms with Crippen molar-refractivity contribution in [3.63, 3.8) is 0 Å². The fourth-order valence-electron chi connectivity index (χ4n) is 10.7. The van der Waals surface area contributed by atoms with Crippen molar-refractivity contribution in [1.82, 2.24) is 4.57 Å². The monoisotopic (exact) mass is 726 g/mol. The molecule has 1 spiro atoms. The molecule has 3 heteroatoms. The number of benzene rings is 7. The molecule has 2 aliphatic rings. The van der Waals surface area contributed by atoms with Crippen molar-refractivity contribution >= 4 is 70.4 Å². The third-order valence-corrected chi connectivity index (χ3v) is 14.1. The Bertz CT molecular complexity index is 2980. The van der Waals surface area contributed by atoms with Gasteiger partial charge < -0.3 is 9.47 Å². The molecule has 0 N–H and O–H groups in total. The summed E-state index contributed by atoms with van der Waals surface area (Å²) in [6, 6.07) is 58.8. The summed E-state index contributed by atoms with van der Waals surface area (Å²) in [5.74, 6) is 1.11. The predicted octanol–water partition coefficient (Wildman–Crippen LogP) is 14.9. The Balaban J connectivity index is 1.28. The van der Waals surface area contributed by atoms with Crippen LogP contribution in [0.4, 0.5) is 17.1 Å². The summed E-state index contributed by atoms with van der Waals surface area (Å²) in [5, 5.41) is 5.09. The number of nitrogens with zero attached hydrogens (tertiary/aromatic N) is 2. The number of allylic oxidation sites excluding steroid dienone is 1. The first-order valence-electron chi connectivity index (χ1n) is 19.8. The molecule has 0 saturated heterocycles. The van der Waals surface area contributed by atoms with Gasteiger partial charge in [-0.3, -0.25) is 0 Å². The molecule has 3 atom stereocenters. The molecule has 0 bridgehead atoms. The zero-order valence-corrected chi connectivity index (χ0v) is 32.1. The van der Waals surface area contributed by atoms with Gasteiger partial charge in [-0.25, -0.2) is 0 Å². The molecule has 9 aromatic rings. The number of anilines is 3. The lowest BCUT2D eigenvalue weighted by Gasteiger charge is -2.46. The van der Waals surface area contributed by atoms with Gasteiger partial charge in [0, 0.05) is 47.6 Å². The van der Waals surface area contributed by atoms with Crippen molar-refractivity contribution in [2.75, 3.05) is 4.90 Å². The normalized spacial score (nSPS) is 19.1. The highest BCUT2D eigenvalue weighted by Gasteiger charge is 2.52. The van der Waals surface area contributed by atoms with Crippen LogP contribution in [0.5, 0.6) is 0 Å². The van der Waals surface area contributed by atoms with E-state index < -0.39 is 0 Å². The van der Waals surface area contributed by atoms with Crippen LogP contribution in [-0.4, -0.2) is 4.57 Å². The minimum absolute atomic E-state index is 0.226. The SMILES string of the molecule is C=C1CC(CC)CC(C)C12c1ccccc1-c1c(N(c3cccc4sc5ccccc5c34)c3cccc4c3c3ccccc3n4-c3ccccc3)cccc12. The number of para-hydroxylation sites is 2. The van der Waals surface area contributed by atoms with Crippen LogP contribution in [0.25, 0.3) is 58.8 Å². The van der Waals surface area contributed by atoms with E-state index in [0.29, 0.717) is 11.8 Å². The smallest absolute Gasteiger partial charge is 0.0562 e. The first-order valence-corrected chi connectivity index (χ1v) is 20.6. The molecular formula is C52H42N2S. The molecule has 266 valence electrons. The molecule has 1 fully saturated rings. The van der Waals surface area contributed by atoms with Crippen molar-refractivity contribution in [3.05, 3.63) is 181 Å². The van der Waals surface area contributed by atoms with Crippen LogP contribution < -0.4 is 4.90 Å². The van der Waals surface area contributed by atoms with Crippen molar-refractivity contribution in [2.45, 2.75) is 38.5 Å². The molecule has 11 rings (SSSR count). The number of thiophene rings is 1. The number of aromatic nitrogens is 1. The van der Waals surface area contributed by atoms with E-state index in [9.17, 15) is 0 Å². The lowest BCUT2D eigenvalue weighted by Crippen LogP contribution is -2.40. The summed E-state index contributed by atoms with van der Waals surface area (Å²) in [7, 11) is 0. The number of hydrogen-bond acceptors (Lipinski definition) is 2. The quantitative estimate of drug-likeness (QED) is 0.160. The van der Waals surface area contributed by atoms with E-state index in [1.807, 2.05) is 11.3 Å². The molecule has 2 heterocycles. The van der Waals surface area contributed by atoms with E-state index in [1.54, 1.807) is 0 Å². The Kier molecular flexibility index (Phi) is 7.28. The van der Waals surface area contributed by atoms with Crippen molar-refractivity contribution in [2.24, 2.45) is 11.8 Å². The summed E-state index contributed by atoms with van der Waals surface area (Å²) < 4.78 is 5.04. The lowest BCUT2D eigenvalue weighted by molar-refractivity contribution is 0.248. The Labute approximate surface area is 326 Å². The number of hydrogen-bond donors (Lipinski definition) is 0. The zero-order chi connectivity index (χ0) is 36.8. The maximum Gasteiger partial charge on any atom is 0.0562 e. The molecule has 7 aromatic carbocycles. The molecule has 55 heavy (non-hydrogen) atoms. The van der Waals surface area contributed by atoms with Gasteiger partial charge in [0.05, 0.1) is 28.1 Å². The van der Waals surface area contributed by atoms with Crippen LogP contribution in [0.1, 0.15) is 44.2 Å². The Hall–Kier alpha value is -5.90. The topological polar surface area (TPSA) is 8.17 Å². The first kappa shape index (κ1) is 32.5. The minimum Gasteiger partial charge on any atom is -0.309 e. The van der Waals surface area contributed by atoms with Gasteiger partial charge >= 0.3 is 0 Å². The highest BCUT2D eigenvalue weighted by atomic mass is 32.1. The fourth-order valence-corrected chi connectivity index (χ4v) is 11.9. The largest absolute Gasteiger partial charge is 0.309 e. The van der Waals surface area contributed by atoms with Gasteiger partial charge in [0.2, 0.25) is 0 Å². The van der Waals surface area contributed by atoms with Gasteiger partial charge in [-0.1, -0.05) is 136 Å². The van der Waals surface area contributed by atoms with Gasteiger partial charge in [0.25, 0.3) is 0 Å². The lowest BCUT2D eigenvalue weighted by atomic mass is 9.57. The van der Waals surface area contributed by atoms with Crippen LogP contribution in [-0.2, 0) is 5.41 Å². The number of fused-ring (bicyclic) bond motifs is 11. The van der Waals surface area contributed by atoms with E-state index in [0.717, 1.165) is 12.1 Å². The number of rotatable bonds is 5. The highest BCUT2D eigenvalue weighted by Crippen LogP contribution is 2.63. The third-order valence-electron chi connectivity index (χ3n) is 13.0. The summed E-state index contributed by atoms with van der Waals surface area (Å²) in [6.45, 7) is 9.78. The molecule has 1 saturated carbocycles. The summed E-state index contributed by atoms with van der Waals surface area (Å²) in [5.41, 5.74) is 13.8. The Morgan fingerprint density at radius 3 is 2.11 bits per heavy atom. The van der Waals surface area contributed by atoms with Crippen LogP contribution in [0.3, 0.4) is 0 Å². The van der Waals surface area contributed by atoms with Crippen LogP contribution in [0, 0.1) is 11.8 Å².